The second-order valence-corrected chi connectivity index (χ2v) is 3.81. The molecule has 0 saturated heterocycles. The van der Waals surface area contributed by atoms with Gasteiger partial charge in [-0.25, -0.2) is 4.39 Å². The molecule has 92 valence electrons. The number of hydrogen-bond donors (Lipinski definition) is 2. The number of anilines is 1. The van der Waals surface area contributed by atoms with Gasteiger partial charge in [-0.1, -0.05) is 0 Å². The molecule has 1 heterocycles. The first-order chi connectivity index (χ1) is 8.56. The lowest BCUT2D eigenvalue weighted by Gasteiger charge is -2.06. The first-order valence-electron chi connectivity index (χ1n) is 5.29. The van der Waals surface area contributed by atoms with E-state index in [1.54, 1.807) is 19.1 Å². The van der Waals surface area contributed by atoms with E-state index in [0.29, 0.717) is 5.56 Å². The average molecular weight is 246 g/mol. The molecule has 0 saturated carbocycles. The Morgan fingerprint density at radius 2 is 2.11 bits per heavy atom. The van der Waals surface area contributed by atoms with Crippen molar-refractivity contribution in [2.24, 2.45) is 0 Å². The summed E-state index contributed by atoms with van der Waals surface area (Å²) in [5.74, 6) is -1.59. The summed E-state index contributed by atoms with van der Waals surface area (Å²) in [6, 6.07) is 6.86. The Kier molecular flexibility index (Phi) is 3.23. The summed E-state index contributed by atoms with van der Waals surface area (Å²) in [5.41, 5.74) is 1.44. The summed E-state index contributed by atoms with van der Waals surface area (Å²) in [4.78, 5) is 15.8. The highest BCUT2D eigenvalue weighted by Gasteiger charge is 2.08. The predicted octanol–water partition coefficient (Wildman–Crippen LogP) is 2.49. The lowest BCUT2D eigenvalue weighted by atomic mass is 10.2. The summed E-state index contributed by atoms with van der Waals surface area (Å²) >= 11 is 0. The molecule has 1 aromatic carbocycles. The molecule has 1 aromatic heterocycles. The fourth-order valence-electron chi connectivity index (χ4n) is 1.47. The van der Waals surface area contributed by atoms with Crippen molar-refractivity contribution >= 4 is 11.6 Å². The number of nitrogens with zero attached hydrogens (tertiary/aromatic N) is 1. The highest BCUT2D eigenvalue weighted by Crippen LogP contribution is 2.19. The summed E-state index contributed by atoms with van der Waals surface area (Å²) < 4.78 is 13.1. The quantitative estimate of drug-likeness (QED) is 0.800. The van der Waals surface area contributed by atoms with Gasteiger partial charge in [-0.15, -0.1) is 0 Å². The maximum atomic E-state index is 13.1. The Balaban J connectivity index is 2.18. The number of benzene rings is 1. The minimum absolute atomic E-state index is 0.282. The zero-order valence-electron chi connectivity index (χ0n) is 9.64. The Labute approximate surface area is 103 Å². The van der Waals surface area contributed by atoms with E-state index in [9.17, 15) is 9.18 Å². The third kappa shape index (κ3) is 2.63. The number of rotatable bonds is 2. The molecule has 1 amide bonds. The van der Waals surface area contributed by atoms with Gasteiger partial charge in [0, 0.05) is 29.2 Å². The highest BCUT2D eigenvalue weighted by atomic mass is 19.1. The molecule has 2 N–H and O–H groups in total. The number of carbonyl (C=O) groups is 1. The van der Waals surface area contributed by atoms with Gasteiger partial charge in [-0.2, -0.15) is 0 Å². The SMILES string of the molecule is Cc1cc(C(=O)Nc2ccc(O)c(F)c2)ccn1. The van der Waals surface area contributed by atoms with Gasteiger partial charge in [0.25, 0.3) is 5.91 Å². The van der Waals surface area contributed by atoms with Crippen LogP contribution in [-0.2, 0) is 0 Å². The van der Waals surface area contributed by atoms with Gasteiger partial charge in [0.15, 0.2) is 11.6 Å². The number of phenolic OH excluding ortho intramolecular Hbond substituents is 1. The van der Waals surface area contributed by atoms with Crippen molar-refractivity contribution in [1.82, 2.24) is 4.98 Å². The molecule has 0 atom stereocenters. The van der Waals surface area contributed by atoms with Crippen LogP contribution in [0.2, 0.25) is 0 Å². The molecule has 18 heavy (non-hydrogen) atoms. The van der Waals surface area contributed by atoms with E-state index in [1.165, 1.54) is 18.3 Å². The number of hydrogen-bond acceptors (Lipinski definition) is 3. The molecule has 2 aromatic rings. The molecule has 0 fully saturated rings. The molecule has 0 unspecified atom stereocenters. The van der Waals surface area contributed by atoms with Gasteiger partial charge in [0.1, 0.15) is 0 Å². The molecule has 2 rings (SSSR count). The monoisotopic (exact) mass is 246 g/mol. The van der Waals surface area contributed by atoms with E-state index < -0.39 is 11.6 Å². The van der Waals surface area contributed by atoms with Crippen molar-refractivity contribution in [1.29, 1.82) is 0 Å². The maximum absolute atomic E-state index is 13.1. The summed E-state index contributed by atoms with van der Waals surface area (Å²) in [6.45, 7) is 1.77. The zero-order chi connectivity index (χ0) is 13.1. The van der Waals surface area contributed by atoms with Crippen LogP contribution in [0.15, 0.2) is 36.5 Å². The number of aromatic hydroxyl groups is 1. The van der Waals surface area contributed by atoms with E-state index in [1.807, 2.05) is 0 Å². The van der Waals surface area contributed by atoms with Gasteiger partial charge < -0.3 is 10.4 Å². The van der Waals surface area contributed by atoms with Crippen molar-refractivity contribution in [2.75, 3.05) is 5.32 Å². The molecule has 5 heteroatoms. The van der Waals surface area contributed by atoms with E-state index in [0.717, 1.165) is 11.8 Å². The van der Waals surface area contributed by atoms with Crippen LogP contribution < -0.4 is 5.32 Å². The van der Waals surface area contributed by atoms with Gasteiger partial charge in [-0.05, 0) is 31.2 Å². The van der Waals surface area contributed by atoms with Crippen molar-refractivity contribution in [3.8, 4) is 5.75 Å². The van der Waals surface area contributed by atoms with Gasteiger partial charge in [0.05, 0.1) is 0 Å². The zero-order valence-corrected chi connectivity index (χ0v) is 9.64. The fraction of sp³-hybridized carbons (Fsp3) is 0.0769. The Hall–Kier alpha value is -2.43. The molecule has 4 nitrogen and oxygen atoms in total. The second kappa shape index (κ2) is 4.83. The third-order valence-electron chi connectivity index (χ3n) is 2.36. The lowest BCUT2D eigenvalue weighted by molar-refractivity contribution is 0.102. The molecule has 0 aliphatic rings. The number of aromatic nitrogens is 1. The summed E-state index contributed by atoms with van der Waals surface area (Å²) in [6.07, 6.45) is 1.53. The Morgan fingerprint density at radius 3 is 2.78 bits per heavy atom. The number of aryl methyl sites for hydroxylation is 1. The van der Waals surface area contributed by atoms with Crippen LogP contribution in [0.1, 0.15) is 16.1 Å². The fourth-order valence-corrected chi connectivity index (χ4v) is 1.47. The highest BCUT2D eigenvalue weighted by molar-refractivity contribution is 6.04. The first-order valence-corrected chi connectivity index (χ1v) is 5.29. The van der Waals surface area contributed by atoms with E-state index in [-0.39, 0.29) is 11.6 Å². The van der Waals surface area contributed by atoms with Gasteiger partial charge >= 0.3 is 0 Å². The number of carbonyl (C=O) groups excluding carboxylic acids is 1. The Bertz CT molecular complexity index is 599. The predicted molar refractivity (Wildman–Crippen MR) is 65.0 cm³/mol. The number of phenols is 1. The van der Waals surface area contributed by atoms with Crippen LogP contribution >= 0.6 is 0 Å². The number of pyridine rings is 1. The normalized spacial score (nSPS) is 10.1. The minimum atomic E-state index is -0.779. The van der Waals surface area contributed by atoms with E-state index in [4.69, 9.17) is 5.11 Å². The number of amides is 1. The summed E-state index contributed by atoms with van der Waals surface area (Å²) in [7, 11) is 0. The van der Waals surface area contributed by atoms with Crippen molar-refractivity contribution in [3.05, 3.63) is 53.6 Å². The van der Waals surface area contributed by atoms with E-state index in [2.05, 4.69) is 10.3 Å². The van der Waals surface area contributed by atoms with Crippen LogP contribution in [0.5, 0.6) is 5.75 Å². The van der Waals surface area contributed by atoms with E-state index >= 15 is 0 Å². The average Bonchev–Trinajstić information content (AvgIpc) is 2.34. The molecular formula is C13H11FN2O2. The van der Waals surface area contributed by atoms with Gasteiger partial charge in [0.2, 0.25) is 0 Å². The number of halogens is 1. The van der Waals surface area contributed by atoms with Crippen molar-refractivity contribution in [2.45, 2.75) is 6.92 Å². The molecule has 0 aliphatic carbocycles. The first kappa shape index (κ1) is 12.0. The lowest BCUT2D eigenvalue weighted by Crippen LogP contribution is -2.12. The minimum Gasteiger partial charge on any atom is -0.505 e. The molecular weight excluding hydrogens is 235 g/mol. The number of nitrogens with one attached hydrogen (secondary N) is 1. The van der Waals surface area contributed by atoms with Crippen molar-refractivity contribution in [3.63, 3.8) is 0 Å². The summed E-state index contributed by atoms with van der Waals surface area (Å²) in [5, 5.41) is 11.6. The van der Waals surface area contributed by atoms with Gasteiger partial charge in [-0.3, -0.25) is 9.78 Å². The van der Waals surface area contributed by atoms with Crippen LogP contribution in [0, 0.1) is 12.7 Å². The topological polar surface area (TPSA) is 62.2 Å². The largest absolute Gasteiger partial charge is 0.505 e. The smallest absolute Gasteiger partial charge is 0.255 e. The van der Waals surface area contributed by atoms with Crippen LogP contribution in [0.25, 0.3) is 0 Å². The van der Waals surface area contributed by atoms with Crippen LogP contribution in [-0.4, -0.2) is 16.0 Å². The third-order valence-corrected chi connectivity index (χ3v) is 2.36. The van der Waals surface area contributed by atoms with Crippen LogP contribution in [0.4, 0.5) is 10.1 Å². The second-order valence-electron chi connectivity index (χ2n) is 3.81. The van der Waals surface area contributed by atoms with Crippen molar-refractivity contribution < 1.29 is 14.3 Å². The molecule has 0 aliphatic heterocycles. The maximum Gasteiger partial charge on any atom is 0.255 e. The standard InChI is InChI=1S/C13H11FN2O2/c1-8-6-9(4-5-15-8)13(18)16-10-2-3-12(17)11(14)7-10/h2-7,17H,1H3,(H,16,18). The van der Waals surface area contributed by atoms with Crippen LogP contribution in [0.3, 0.4) is 0 Å². The molecule has 0 bridgehead atoms. The molecule has 0 spiro atoms. The molecule has 0 radical (unpaired) electrons. The Morgan fingerprint density at radius 1 is 1.33 bits per heavy atom.